The molecule has 81 heavy (non-hydrogen) atoms. The van der Waals surface area contributed by atoms with Crippen LogP contribution >= 0.6 is 0 Å². The van der Waals surface area contributed by atoms with Gasteiger partial charge in [0.2, 0.25) is 0 Å². The Labute approximate surface area is 501 Å². The second-order valence-corrected chi connectivity index (χ2v) is 19.2. The van der Waals surface area contributed by atoms with Gasteiger partial charge in [0.15, 0.2) is 38.9 Å². The van der Waals surface area contributed by atoms with Crippen molar-refractivity contribution in [1.82, 2.24) is 0 Å². The molecule has 510 valence electrons. The van der Waals surface area contributed by atoms with Crippen molar-refractivity contribution in [3.05, 3.63) is 0 Å². The molecule has 3 atom stereocenters. The van der Waals surface area contributed by atoms with E-state index in [0.29, 0.717) is 24.7 Å². The van der Waals surface area contributed by atoms with Gasteiger partial charge in [0.1, 0.15) is 13.1 Å². The predicted molar refractivity (Wildman–Crippen MR) is 335 cm³/mol. The average molecular weight is 1210 g/mol. The molecule has 3 unspecified atom stereocenters. The molecule has 0 aliphatic heterocycles. The Morgan fingerprint density at radius 3 is 0.926 bits per heavy atom. The summed E-state index contributed by atoms with van der Waals surface area (Å²) in [5.41, 5.74) is 22.0. The van der Waals surface area contributed by atoms with Crippen LogP contribution in [0.1, 0.15) is 212 Å². The van der Waals surface area contributed by atoms with Gasteiger partial charge in [-0.3, -0.25) is 9.80 Å². The lowest BCUT2D eigenvalue weighted by atomic mass is 10.2. The molecule has 0 heterocycles. The van der Waals surface area contributed by atoms with E-state index in [4.69, 9.17) is 56.2 Å². The van der Waals surface area contributed by atoms with Crippen molar-refractivity contribution in [2.75, 3.05) is 151 Å². The topological polar surface area (TPSA) is 452 Å². The minimum atomic E-state index is -0.750. The minimum absolute atomic E-state index is 0.0208. The van der Waals surface area contributed by atoms with Crippen LogP contribution in [0.5, 0.6) is 0 Å². The van der Waals surface area contributed by atoms with Crippen LogP contribution in [0.4, 0.5) is 0 Å². The number of aliphatic hydroxyl groups excluding tert-OH is 11. The standard InChI is InChI=1S/C7H17NO2.C7H17NO.C6H15NO3.C6H15NO.C6H15N.C5H13NO.C5H13N.C4H11NO2.C4H11N.C3H9NO.C3H9N.C2H7N/c1-2-3-8(4-6-9)5-7-10;1-2-3-5-8-6-4-7-9;1-4(8)7(5(2)9)6(3)10;7-5-3-1-2-4-6-8;1-2-3-4-5-6-7;1-2-3-6-4-5-7;1-2-3-4-5-6;1-2-5(3-6)4-7;1-2-3-4-5;1-2-4-3-5;1-2-3-4;1-2-3/h9-10H,2-7H2,1H3;8-9H,2-7H2,1H3;4-6,8-10H,1-3H3;8H,1-7H2;2-7H2,1H3;6-7H,2-5H2,1H3;2-6H2,1H3;6-7H,2-4H2,1H3;2-5H2,1H3;4-5H,2-3H2,1H3;2-4H2,1H3;2-3H2,1H3/p+12. The molecule has 0 bridgehead atoms. The molecule has 23 heteroatoms. The van der Waals surface area contributed by atoms with Gasteiger partial charge in [0.25, 0.3) is 0 Å². The Morgan fingerprint density at radius 2 is 0.704 bits per heavy atom. The van der Waals surface area contributed by atoms with E-state index in [0.717, 1.165) is 122 Å². The summed E-state index contributed by atoms with van der Waals surface area (Å²) in [4.78, 5) is 2.44. The molecule has 0 aromatic heterocycles. The maximum atomic E-state index is 9.00. The third-order valence-electron chi connectivity index (χ3n) is 10.6. The van der Waals surface area contributed by atoms with Gasteiger partial charge in [-0.2, -0.15) is 0 Å². The molecule has 0 fully saturated rings. The van der Waals surface area contributed by atoms with E-state index in [1.807, 2.05) is 20.8 Å². The molecule has 0 aromatic rings. The van der Waals surface area contributed by atoms with Gasteiger partial charge in [-0.15, -0.1) is 0 Å². The van der Waals surface area contributed by atoms with E-state index < -0.39 is 18.7 Å². The highest BCUT2D eigenvalue weighted by Crippen LogP contribution is 1.96. The van der Waals surface area contributed by atoms with Gasteiger partial charge in [-0.25, -0.2) is 0 Å². The van der Waals surface area contributed by atoms with E-state index >= 15 is 0 Å². The van der Waals surface area contributed by atoms with Gasteiger partial charge in [-0.1, -0.05) is 87.0 Å². The number of rotatable bonds is 39. The SMILES string of the molecule is CC(O)[NH+](C(C)O)C(C)O.CCCCCC[NH3+].CCCCC[NH3+].CCCC[NH2+]CCCO.CCCC[NH3+].CCC[NH+](CCO)CCO.CCC[NH2+]CCO.CCC[NH3+].CC[NH+](CO)CO.CC[NH2+]CO.CC[NH3+].[NH3+]CCCCCCO. The molecule has 0 rings (SSSR count). The van der Waals surface area contributed by atoms with Gasteiger partial charge < -0.3 is 111 Å². The zero-order valence-corrected chi connectivity index (χ0v) is 56.8. The highest BCUT2D eigenvalue weighted by atomic mass is 16.4. The predicted octanol–water partition coefficient (Wildman–Crippen LogP) is -8.93. The van der Waals surface area contributed by atoms with Crippen molar-refractivity contribution in [1.29, 1.82) is 0 Å². The van der Waals surface area contributed by atoms with Gasteiger partial charge >= 0.3 is 0 Å². The molecule has 0 aromatic carbocycles. The summed E-state index contributed by atoms with van der Waals surface area (Å²) in [7, 11) is 0. The zero-order chi connectivity index (χ0) is 65.3. The third-order valence-corrected chi connectivity index (χ3v) is 10.6. The minimum Gasteiger partial charge on any atom is -0.396 e. The maximum Gasteiger partial charge on any atom is 0.190 e. The molecule has 23 nitrogen and oxygen atoms in total. The van der Waals surface area contributed by atoms with E-state index in [2.05, 4.69) is 93.5 Å². The summed E-state index contributed by atoms with van der Waals surface area (Å²) in [5, 5.41) is 100. The van der Waals surface area contributed by atoms with Crippen molar-refractivity contribution in [3.63, 3.8) is 0 Å². The first kappa shape index (κ1) is 108. The van der Waals surface area contributed by atoms with Crippen molar-refractivity contribution in [2.45, 2.75) is 231 Å². The molecule has 0 aliphatic carbocycles. The van der Waals surface area contributed by atoms with Crippen molar-refractivity contribution < 1.29 is 121 Å². The van der Waals surface area contributed by atoms with Gasteiger partial charge in [0.05, 0.1) is 105 Å². The molecular weight excluding hydrogens is 1040 g/mol. The number of hydrogen-bond donors (Lipinski definition) is 23. The second kappa shape index (κ2) is 125. The summed E-state index contributed by atoms with van der Waals surface area (Å²) in [6.07, 6.45) is 21.2. The number of nitrogens with one attached hydrogen (secondary N) is 3. The van der Waals surface area contributed by atoms with Crippen LogP contribution in [-0.2, 0) is 0 Å². The number of quaternary nitrogens is 12. The lowest BCUT2D eigenvalue weighted by Gasteiger charge is -2.26. The molecule has 0 radical (unpaired) electrons. The summed E-state index contributed by atoms with van der Waals surface area (Å²) in [5.74, 6) is 0. The molecule has 0 spiro atoms. The first-order valence-corrected chi connectivity index (χ1v) is 32.5. The van der Waals surface area contributed by atoms with Crippen LogP contribution in [0.25, 0.3) is 0 Å². The number of hydrogen-bond acceptors (Lipinski definition) is 11. The van der Waals surface area contributed by atoms with Gasteiger partial charge in [0, 0.05) is 40.4 Å². The van der Waals surface area contributed by atoms with Crippen LogP contribution in [0.2, 0.25) is 0 Å². The summed E-state index contributed by atoms with van der Waals surface area (Å²) < 4.78 is 0. The molecular formula is C58H164N12O11+12. The van der Waals surface area contributed by atoms with Crippen molar-refractivity contribution in [3.8, 4) is 0 Å². The lowest BCUT2D eigenvalue weighted by molar-refractivity contribution is -1.02. The smallest absolute Gasteiger partial charge is 0.190 e. The average Bonchev–Trinajstić information content (AvgIpc) is 3.44. The molecule has 0 aliphatic rings. The lowest BCUT2D eigenvalue weighted by Crippen LogP contribution is -3.21. The Balaban J connectivity index is -0.0000000649. The van der Waals surface area contributed by atoms with Gasteiger partial charge in [-0.05, 0) is 97.8 Å². The molecule has 0 saturated heterocycles. The van der Waals surface area contributed by atoms with Crippen molar-refractivity contribution >= 4 is 0 Å². The number of unbranched alkanes of at least 4 members (excludes halogenated alkanes) is 10. The highest BCUT2D eigenvalue weighted by Gasteiger charge is 2.24. The first-order chi connectivity index (χ1) is 38.9. The number of nitrogens with two attached hydrogens (primary N) is 3. The monoisotopic (exact) mass is 1210 g/mol. The molecule has 0 amide bonds. The summed E-state index contributed by atoms with van der Waals surface area (Å²) >= 11 is 0. The number of aliphatic hydroxyl groups is 11. The quantitative estimate of drug-likeness (QED) is 0.0203. The molecule has 0 saturated carbocycles. The van der Waals surface area contributed by atoms with Crippen LogP contribution in [-0.4, -0.2) is 226 Å². The molecule has 38 N–H and O–H groups in total. The maximum absolute atomic E-state index is 9.00. The Kier molecular flexibility index (Phi) is 167. The van der Waals surface area contributed by atoms with E-state index in [-0.39, 0.29) is 33.4 Å². The highest BCUT2D eigenvalue weighted by molar-refractivity contribution is 4.39. The Bertz CT molecular complexity index is 751. The van der Waals surface area contributed by atoms with E-state index in [1.54, 1.807) is 5.32 Å². The summed E-state index contributed by atoms with van der Waals surface area (Å²) in [6.45, 7) is 42.3. The third kappa shape index (κ3) is 167. The zero-order valence-electron chi connectivity index (χ0n) is 56.8. The normalized spacial score (nSPS) is 11.1. The Morgan fingerprint density at radius 1 is 0.333 bits per heavy atom. The summed E-state index contributed by atoms with van der Waals surface area (Å²) in [6, 6.07) is 0. The fraction of sp³-hybridized carbons (Fsp3) is 1.00. The Hall–Kier alpha value is -0.920. The fourth-order valence-electron chi connectivity index (χ4n) is 5.59. The van der Waals surface area contributed by atoms with E-state index in [1.165, 1.54) is 129 Å². The van der Waals surface area contributed by atoms with E-state index in [9.17, 15) is 0 Å². The fourth-order valence-corrected chi connectivity index (χ4v) is 5.59. The van der Waals surface area contributed by atoms with Crippen LogP contribution in [0.15, 0.2) is 0 Å². The van der Waals surface area contributed by atoms with Crippen molar-refractivity contribution in [2.24, 2.45) is 0 Å². The second-order valence-electron chi connectivity index (χ2n) is 19.2. The van der Waals surface area contributed by atoms with Crippen LogP contribution < -0.4 is 65.1 Å². The first-order valence-electron chi connectivity index (χ1n) is 32.5. The van der Waals surface area contributed by atoms with Crippen LogP contribution in [0.3, 0.4) is 0 Å². The largest absolute Gasteiger partial charge is 0.396 e. The van der Waals surface area contributed by atoms with Crippen LogP contribution in [0, 0.1) is 0 Å².